The van der Waals surface area contributed by atoms with Gasteiger partial charge in [-0.05, 0) is 72.3 Å². The van der Waals surface area contributed by atoms with E-state index in [1.165, 1.54) is 31.4 Å². The normalized spacial score (nSPS) is 32.0. The zero-order chi connectivity index (χ0) is 17.1. The van der Waals surface area contributed by atoms with Crippen molar-refractivity contribution >= 4 is 11.7 Å². The Bertz CT molecular complexity index is 847. The molecule has 2 saturated carbocycles. The molecule has 2 aromatic rings. The van der Waals surface area contributed by atoms with Crippen molar-refractivity contribution in [1.82, 2.24) is 0 Å². The second-order valence-electron chi connectivity index (χ2n) is 7.68. The molecular formula is C21H20FNO2. The average Bonchev–Trinajstić information content (AvgIpc) is 3.23. The van der Waals surface area contributed by atoms with Crippen LogP contribution in [0.3, 0.4) is 0 Å². The lowest BCUT2D eigenvalue weighted by Crippen LogP contribution is -2.36. The fourth-order valence-corrected chi connectivity index (χ4v) is 5.69. The highest BCUT2D eigenvalue weighted by molar-refractivity contribution is 5.95. The number of benzene rings is 2. The van der Waals surface area contributed by atoms with Crippen LogP contribution >= 0.6 is 0 Å². The molecule has 2 fully saturated rings. The molecule has 25 heavy (non-hydrogen) atoms. The summed E-state index contributed by atoms with van der Waals surface area (Å²) in [6.45, 7) is 0. The minimum absolute atomic E-state index is 0.0499. The van der Waals surface area contributed by atoms with Gasteiger partial charge in [0.1, 0.15) is 5.82 Å². The Morgan fingerprint density at radius 3 is 2.60 bits per heavy atom. The number of para-hydroxylation sites is 1. The monoisotopic (exact) mass is 337 g/mol. The average molecular weight is 337 g/mol. The Morgan fingerprint density at radius 1 is 1.08 bits per heavy atom. The van der Waals surface area contributed by atoms with Crippen LogP contribution in [0.1, 0.15) is 52.7 Å². The summed E-state index contributed by atoms with van der Waals surface area (Å²) in [5.41, 5.74) is 3.31. The molecule has 0 radical (unpaired) electrons. The van der Waals surface area contributed by atoms with E-state index in [4.69, 9.17) is 0 Å². The molecule has 3 nitrogen and oxygen atoms in total. The third-order valence-electron chi connectivity index (χ3n) is 6.58. The highest BCUT2D eigenvalue weighted by Gasteiger charge is 2.54. The minimum Gasteiger partial charge on any atom is -0.478 e. The van der Waals surface area contributed by atoms with Gasteiger partial charge in [0, 0.05) is 0 Å². The summed E-state index contributed by atoms with van der Waals surface area (Å²) in [7, 11) is 0. The van der Waals surface area contributed by atoms with Crippen LogP contribution in [0.5, 0.6) is 0 Å². The second kappa shape index (κ2) is 5.32. The summed E-state index contributed by atoms with van der Waals surface area (Å²) in [6, 6.07) is 12.3. The summed E-state index contributed by atoms with van der Waals surface area (Å²) >= 11 is 0. The maximum absolute atomic E-state index is 13.4. The lowest BCUT2D eigenvalue weighted by atomic mass is 9.67. The number of carbonyl (C=O) groups is 1. The van der Waals surface area contributed by atoms with Gasteiger partial charge in [-0.25, -0.2) is 9.18 Å². The first-order valence-electron chi connectivity index (χ1n) is 9.01. The standard InChI is InChI=1S/C21H20FNO2/c22-14-8-6-11(7-9-14)19-18-13-5-4-12(10-13)17(18)15-2-1-3-16(21(24)25)20(15)23-19/h1-3,6-9,12-13,17-19,23H,4-5,10H2,(H,24,25)/t12-,13+,17-,18-,19-/m0/s1. The number of rotatable bonds is 2. The Labute approximate surface area is 145 Å². The first-order valence-corrected chi connectivity index (χ1v) is 9.01. The van der Waals surface area contributed by atoms with Crippen LogP contribution in [0, 0.1) is 23.6 Å². The van der Waals surface area contributed by atoms with Crippen molar-refractivity contribution in [2.24, 2.45) is 17.8 Å². The number of hydrogen-bond acceptors (Lipinski definition) is 2. The SMILES string of the molecule is O=C(O)c1cccc2c1N[C@@H](c1ccc(F)cc1)[C@H]1[C@@H]3CC[C@@H](C3)[C@@H]21. The van der Waals surface area contributed by atoms with Gasteiger partial charge in [0.25, 0.3) is 0 Å². The van der Waals surface area contributed by atoms with Gasteiger partial charge in [0.15, 0.2) is 0 Å². The summed E-state index contributed by atoms with van der Waals surface area (Å²) < 4.78 is 13.4. The minimum atomic E-state index is -0.899. The quantitative estimate of drug-likeness (QED) is 0.826. The van der Waals surface area contributed by atoms with E-state index in [0.717, 1.165) is 16.8 Å². The fourth-order valence-electron chi connectivity index (χ4n) is 5.69. The maximum Gasteiger partial charge on any atom is 0.337 e. The van der Waals surface area contributed by atoms with Gasteiger partial charge in [-0.3, -0.25) is 0 Å². The number of carboxylic acid groups (broad SMARTS) is 1. The molecule has 0 saturated heterocycles. The van der Waals surface area contributed by atoms with Gasteiger partial charge >= 0.3 is 5.97 Å². The molecule has 0 spiro atoms. The van der Waals surface area contributed by atoms with E-state index in [1.54, 1.807) is 6.07 Å². The molecule has 2 aromatic carbocycles. The van der Waals surface area contributed by atoms with Crippen LogP contribution in [0.15, 0.2) is 42.5 Å². The van der Waals surface area contributed by atoms with Crippen molar-refractivity contribution in [2.45, 2.75) is 31.2 Å². The highest BCUT2D eigenvalue weighted by atomic mass is 19.1. The third kappa shape index (κ3) is 2.13. The lowest BCUT2D eigenvalue weighted by Gasteiger charge is -2.44. The number of hydrogen-bond donors (Lipinski definition) is 2. The van der Waals surface area contributed by atoms with Crippen LogP contribution in [-0.2, 0) is 0 Å². The third-order valence-corrected chi connectivity index (χ3v) is 6.58. The van der Waals surface area contributed by atoms with E-state index in [1.807, 2.05) is 18.2 Å². The van der Waals surface area contributed by atoms with E-state index in [9.17, 15) is 14.3 Å². The van der Waals surface area contributed by atoms with Gasteiger partial charge < -0.3 is 10.4 Å². The number of nitrogens with one attached hydrogen (secondary N) is 1. The molecule has 0 aromatic heterocycles. The Morgan fingerprint density at radius 2 is 1.84 bits per heavy atom. The molecule has 1 aliphatic heterocycles. The van der Waals surface area contributed by atoms with E-state index in [-0.39, 0.29) is 11.9 Å². The Hall–Kier alpha value is -2.36. The number of anilines is 1. The Kier molecular flexibility index (Phi) is 3.18. The van der Waals surface area contributed by atoms with Crippen molar-refractivity contribution in [3.8, 4) is 0 Å². The number of halogens is 1. The van der Waals surface area contributed by atoms with Crippen molar-refractivity contribution in [2.75, 3.05) is 5.32 Å². The van der Waals surface area contributed by atoms with Gasteiger partial charge in [-0.15, -0.1) is 0 Å². The van der Waals surface area contributed by atoms with Crippen LogP contribution in [-0.4, -0.2) is 11.1 Å². The fraction of sp³-hybridized carbons (Fsp3) is 0.381. The van der Waals surface area contributed by atoms with Crippen LogP contribution in [0.4, 0.5) is 10.1 Å². The van der Waals surface area contributed by atoms with Crippen LogP contribution in [0.2, 0.25) is 0 Å². The summed E-state index contributed by atoms with van der Waals surface area (Å²) in [4.78, 5) is 11.7. The molecular weight excluding hydrogens is 317 g/mol. The van der Waals surface area contributed by atoms with Gasteiger partial charge in [0.05, 0.1) is 17.3 Å². The summed E-state index contributed by atoms with van der Waals surface area (Å²) in [6.07, 6.45) is 3.71. The largest absolute Gasteiger partial charge is 0.478 e. The molecule has 128 valence electrons. The molecule has 2 bridgehead atoms. The van der Waals surface area contributed by atoms with Crippen LogP contribution < -0.4 is 5.32 Å². The zero-order valence-corrected chi connectivity index (χ0v) is 13.8. The van der Waals surface area contributed by atoms with E-state index in [2.05, 4.69) is 11.4 Å². The predicted molar refractivity (Wildman–Crippen MR) is 93.2 cm³/mol. The predicted octanol–water partition coefficient (Wildman–Crippen LogP) is 4.82. The molecule has 3 aliphatic rings. The van der Waals surface area contributed by atoms with Crippen LogP contribution in [0.25, 0.3) is 0 Å². The first-order chi connectivity index (χ1) is 12.1. The molecule has 2 aliphatic carbocycles. The van der Waals surface area contributed by atoms with Crippen molar-refractivity contribution in [3.05, 3.63) is 65.0 Å². The van der Waals surface area contributed by atoms with Gasteiger partial charge in [-0.2, -0.15) is 0 Å². The van der Waals surface area contributed by atoms with Gasteiger partial charge in [-0.1, -0.05) is 24.3 Å². The second-order valence-corrected chi connectivity index (χ2v) is 7.68. The van der Waals surface area contributed by atoms with Gasteiger partial charge in [0.2, 0.25) is 0 Å². The molecule has 5 atom stereocenters. The topological polar surface area (TPSA) is 49.3 Å². The first kappa shape index (κ1) is 14.9. The maximum atomic E-state index is 13.4. The highest BCUT2D eigenvalue weighted by Crippen LogP contribution is 2.63. The van der Waals surface area contributed by atoms with Crippen molar-refractivity contribution < 1.29 is 14.3 Å². The van der Waals surface area contributed by atoms with Crippen molar-refractivity contribution in [1.29, 1.82) is 0 Å². The zero-order valence-electron chi connectivity index (χ0n) is 13.8. The molecule has 1 heterocycles. The van der Waals surface area contributed by atoms with E-state index < -0.39 is 5.97 Å². The van der Waals surface area contributed by atoms with Crippen molar-refractivity contribution in [3.63, 3.8) is 0 Å². The lowest BCUT2D eigenvalue weighted by molar-refractivity contribution is 0.0697. The Balaban J connectivity index is 1.67. The number of carboxylic acids is 1. The number of aromatic carboxylic acids is 1. The molecule has 0 unspecified atom stereocenters. The molecule has 2 N–H and O–H groups in total. The number of fused-ring (bicyclic) bond motifs is 7. The molecule has 4 heteroatoms. The summed E-state index contributed by atoms with van der Waals surface area (Å²) in [5.74, 6) is 1.03. The molecule has 0 amide bonds. The van der Waals surface area contributed by atoms with E-state index in [0.29, 0.717) is 29.2 Å². The summed E-state index contributed by atoms with van der Waals surface area (Å²) in [5, 5.41) is 13.2. The van der Waals surface area contributed by atoms with E-state index >= 15 is 0 Å². The smallest absolute Gasteiger partial charge is 0.337 e. The molecule has 5 rings (SSSR count).